The van der Waals surface area contributed by atoms with Crippen molar-refractivity contribution < 1.29 is 28.6 Å². The van der Waals surface area contributed by atoms with Crippen LogP contribution in [0.1, 0.15) is 27.7 Å². The third-order valence-corrected chi connectivity index (χ3v) is 5.45. The van der Waals surface area contributed by atoms with Gasteiger partial charge in [-0.1, -0.05) is 12.1 Å². The van der Waals surface area contributed by atoms with E-state index < -0.39 is 17.6 Å². The van der Waals surface area contributed by atoms with E-state index in [1.807, 2.05) is 27.7 Å². The van der Waals surface area contributed by atoms with Crippen molar-refractivity contribution in [3.8, 4) is 28.4 Å². The number of hydrogen-bond acceptors (Lipinski definition) is 7. The Labute approximate surface area is 197 Å². The predicted octanol–water partition coefficient (Wildman–Crippen LogP) is 4.85. The number of amides is 2. The molecule has 0 saturated carbocycles. The van der Waals surface area contributed by atoms with E-state index in [4.69, 9.17) is 13.9 Å². The molecule has 0 radical (unpaired) electrons. The van der Waals surface area contributed by atoms with E-state index in [2.05, 4.69) is 0 Å². The van der Waals surface area contributed by atoms with Crippen LogP contribution >= 0.6 is 0 Å². The number of carbonyl (C=O) groups excluding carboxylic acids is 2. The Balaban J connectivity index is 1.88. The van der Waals surface area contributed by atoms with E-state index in [1.165, 1.54) is 23.3 Å². The molecule has 0 aliphatic carbocycles. The predicted molar refractivity (Wildman–Crippen MR) is 127 cm³/mol. The normalized spacial score (nSPS) is 10.7. The Hall–Kier alpha value is -4.01. The van der Waals surface area contributed by atoms with E-state index in [9.17, 15) is 19.5 Å². The van der Waals surface area contributed by atoms with Crippen LogP contribution in [0, 0.1) is 0 Å². The molecule has 180 valence electrons. The third kappa shape index (κ3) is 5.14. The van der Waals surface area contributed by atoms with Gasteiger partial charge < -0.3 is 28.8 Å². The summed E-state index contributed by atoms with van der Waals surface area (Å²) in [6.45, 7) is 9.38. The number of carbonyl (C=O) groups is 2. The highest BCUT2D eigenvalue weighted by Gasteiger charge is 2.18. The van der Waals surface area contributed by atoms with Crippen molar-refractivity contribution in [2.24, 2.45) is 0 Å². The zero-order chi connectivity index (χ0) is 24.8. The van der Waals surface area contributed by atoms with Crippen molar-refractivity contribution in [1.82, 2.24) is 9.80 Å². The number of benzene rings is 2. The molecule has 1 aromatic heterocycles. The number of phenols is 1. The first-order valence-corrected chi connectivity index (χ1v) is 11.1. The van der Waals surface area contributed by atoms with Crippen molar-refractivity contribution >= 4 is 23.2 Å². The Morgan fingerprint density at radius 1 is 0.853 bits per heavy atom. The maximum Gasteiger partial charge on any atom is 0.415 e. The molecule has 3 aromatic rings. The van der Waals surface area contributed by atoms with E-state index in [0.717, 1.165) is 0 Å². The van der Waals surface area contributed by atoms with Gasteiger partial charge >= 0.3 is 12.2 Å². The maximum absolute atomic E-state index is 13.1. The van der Waals surface area contributed by atoms with Crippen LogP contribution in [-0.2, 0) is 0 Å². The molecule has 1 heterocycles. The van der Waals surface area contributed by atoms with Crippen LogP contribution in [0.5, 0.6) is 17.2 Å². The van der Waals surface area contributed by atoms with Gasteiger partial charge in [0.2, 0.25) is 5.43 Å². The van der Waals surface area contributed by atoms with Crippen LogP contribution in [0.25, 0.3) is 22.1 Å². The Bertz CT molecular complexity index is 1230. The molecule has 0 atom stereocenters. The summed E-state index contributed by atoms with van der Waals surface area (Å²) in [5.74, 6) is 0.0470. The zero-order valence-corrected chi connectivity index (χ0v) is 19.7. The molecule has 0 aliphatic heterocycles. The highest BCUT2D eigenvalue weighted by atomic mass is 16.6. The summed E-state index contributed by atoms with van der Waals surface area (Å²) in [6, 6.07) is 9.00. The van der Waals surface area contributed by atoms with Gasteiger partial charge in [-0.3, -0.25) is 4.79 Å². The van der Waals surface area contributed by atoms with Crippen molar-refractivity contribution in [3.63, 3.8) is 0 Å². The molecule has 9 nitrogen and oxygen atoms in total. The maximum atomic E-state index is 13.1. The quantitative estimate of drug-likeness (QED) is 0.528. The summed E-state index contributed by atoms with van der Waals surface area (Å²) >= 11 is 0. The number of phenolic OH excluding ortho intramolecular Hbond substituents is 1. The number of aromatic hydroxyl groups is 1. The minimum Gasteiger partial charge on any atom is -0.507 e. The second-order valence-electron chi connectivity index (χ2n) is 7.40. The van der Waals surface area contributed by atoms with Gasteiger partial charge in [0.15, 0.2) is 0 Å². The molecule has 0 spiro atoms. The largest absolute Gasteiger partial charge is 0.507 e. The lowest BCUT2D eigenvalue weighted by molar-refractivity contribution is 0.156. The molecule has 0 fully saturated rings. The van der Waals surface area contributed by atoms with Gasteiger partial charge in [0.25, 0.3) is 0 Å². The topological polar surface area (TPSA) is 110 Å². The monoisotopic (exact) mass is 468 g/mol. The number of ether oxygens (including phenoxy) is 2. The third-order valence-electron chi connectivity index (χ3n) is 5.45. The van der Waals surface area contributed by atoms with Crippen molar-refractivity contribution in [2.75, 3.05) is 26.2 Å². The van der Waals surface area contributed by atoms with E-state index in [-0.39, 0.29) is 28.0 Å². The Kier molecular flexibility index (Phi) is 7.78. The first-order chi connectivity index (χ1) is 16.3. The lowest BCUT2D eigenvalue weighted by Gasteiger charge is -2.18. The molecular formula is C25H28N2O7. The van der Waals surface area contributed by atoms with E-state index >= 15 is 0 Å². The van der Waals surface area contributed by atoms with Gasteiger partial charge in [-0.05, 0) is 45.4 Å². The highest BCUT2D eigenvalue weighted by molar-refractivity contribution is 5.88. The standard InChI is InChI=1S/C25H28N2O7/c1-5-26(6-2)24(30)33-17-11-9-16(10-12-17)19-15-32-21-14-18(13-20(28)22(21)23(19)29)34-25(31)27(7-3)8-4/h9-15,28H,5-8H2,1-4H3. The van der Waals surface area contributed by atoms with Crippen molar-refractivity contribution in [2.45, 2.75) is 27.7 Å². The molecule has 1 N–H and O–H groups in total. The van der Waals surface area contributed by atoms with Crippen LogP contribution in [-0.4, -0.2) is 53.3 Å². The number of fused-ring (bicyclic) bond motifs is 1. The lowest BCUT2D eigenvalue weighted by atomic mass is 10.0. The zero-order valence-electron chi connectivity index (χ0n) is 19.7. The smallest absolute Gasteiger partial charge is 0.415 e. The second-order valence-corrected chi connectivity index (χ2v) is 7.40. The minimum atomic E-state index is -0.565. The molecular weight excluding hydrogens is 440 g/mol. The Morgan fingerprint density at radius 3 is 1.91 bits per heavy atom. The molecule has 2 aromatic carbocycles. The molecule has 34 heavy (non-hydrogen) atoms. The van der Waals surface area contributed by atoms with Crippen molar-refractivity contribution in [3.05, 3.63) is 52.9 Å². The summed E-state index contributed by atoms with van der Waals surface area (Å²) in [5.41, 5.74) is 0.376. The van der Waals surface area contributed by atoms with Gasteiger partial charge in [0.1, 0.15) is 34.5 Å². The summed E-state index contributed by atoms with van der Waals surface area (Å²) in [7, 11) is 0. The summed E-state index contributed by atoms with van der Waals surface area (Å²) in [4.78, 5) is 40.4. The summed E-state index contributed by atoms with van der Waals surface area (Å²) in [5, 5.41) is 10.5. The number of rotatable bonds is 7. The highest BCUT2D eigenvalue weighted by Crippen LogP contribution is 2.31. The lowest BCUT2D eigenvalue weighted by Crippen LogP contribution is -2.33. The Morgan fingerprint density at radius 2 is 1.38 bits per heavy atom. The minimum absolute atomic E-state index is 0.0304. The van der Waals surface area contributed by atoms with Gasteiger partial charge in [0, 0.05) is 38.3 Å². The average molecular weight is 469 g/mol. The van der Waals surface area contributed by atoms with Gasteiger partial charge in [0.05, 0.1) is 5.56 Å². The van der Waals surface area contributed by atoms with Crippen molar-refractivity contribution in [1.29, 1.82) is 0 Å². The molecule has 0 bridgehead atoms. The molecule has 3 rings (SSSR count). The first-order valence-electron chi connectivity index (χ1n) is 11.1. The van der Waals surface area contributed by atoms with Crippen LogP contribution in [0.2, 0.25) is 0 Å². The van der Waals surface area contributed by atoms with Gasteiger partial charge in [-0.2, -0.15) is 0 Å². The summed E-state index contributed by atoms with van der Waals surface area (Å²) < 4.78 is 16.2. The fourth-order valence-corrected chi connectivity index (χ4v) is 3.46. The van der Waals surface area contributed by atoms with E-state index in [1.54, 1.807) is 29.2 Å². The summed E-state index contributed by atoms with van der Waals surface area (Å²) in [6.07, 6.45) is 0.256. The molecule has 0 saturated heterocycles. The van der Waals surface area contributed by atoms with Crippen LogP contribution in [0.15, 0.2) is 51.9 Å². The average Bonchev–Trinajstić information content (AvgIpc) is 2.81. The molecule has 9 heteroatoms. The van der Waals surface area contributed by atoms with Gasteiger partial charge in [-0.15, -0.1) is 0 Å². The van der Waals surface area contributed by atoms with Crippen LogP contribution in [0.3, 0.4) is 0 Å². The SMILES string of the molecule is CCN(CC)C(=O)Oc1ccc(-c2coc3cc(OC(=O)N(CC)CC)cc(O)c3c2=O)cc1. The second kappa shape index (κ2) is 10.7. The van der Waals surface area contributed by atoms with Crippen LogP contribution in [0.4, 0.5) is 9.59 Å². The molecule has 2 amide bonds. The van der Waals surface area contributed by atoms with Crippen LogP contribution < -0.4 is 14.9 Å². The fraction of sp³-hybridized carbons (Fsp3) is 0.320. The number of hydrogen-bond donors (Lipinski definition) is 1. The first kappa shape index (κ1) is 24.6. The molecule has 0 unspecified atom stereocenters. The van der Waals surface area contributed by atoms with E-state index in [0.29, 0.717) is 37.5 Å². The van der Waals surface area contributed by atoms with Gasteiger partial charge in [-0.25, -0.2) is 9.59 Å². The molecule has 0 aliphatic rings. The fourth-order valence-electron chi connectivity index (χ4n) is 3.46. The number of nitrogens with zero attached hydrogens (tertiary/aromatic N) is 2.